The van der Waals surface area contributed by atoms with Crippen molar-refractivity contribution >= 4 is 17.1 Å². The summed E-state index contributed by atoms with van der Waals surface area (Å²) in [7, 11) is 6.69. The van der Waals surface area contributed by atoms with Crippen molar-refractivity contribution in [2.24, 2.45) is 23.7 Å². The lowest BCUT2D eigenvalue weighted by Crippen LogP contribution is -2.62. The molecule has 0 amide bonds. The van der Waals surface area contributed by atoms with Gasteiger partial charge in [0.25, 0.3) is 0 Å². The molecule has 3 saturated heterocycles. The standard InChI is InChI=1S/C54H91F2N5O13S/c1-15-43-54(10,67)47(63)35(6)60(12)29-31(2)26-52(8,66)49(33(4)44(34(5)50(65)73-43)42-27-53(9,70-14)48(64)36(7)72-42)74-51-45(62)40(25-32(3)71-51)59(11)23-21-38-30-61(58-57-38)41(28-56)46(69-13)37-17-19-39(20-18-37)75(68)24-16-22-55/h17-20,30-36,40-49,51,62-64,66-67H,15-16,21-29H2,1-14H3/t31-,32-,33+,34-,35-,36+,40+,41-,42?,43-,44+,45-,46-,47-,48+,49-,51+,52-,53-,54-,75?/m1/s1. The second-order valence-electron chi connectivity index (χ2n) is 22.7. The molecule has 18 nitrogen and oxygen atoms in total. The fourth-order valence-corrected chi connectivity index (χ4v) is 13.2. The summed E-state index contributed by atoms with van der Waals surface area (Å²) in [6, 6.07) is 4.84. The summed E-state index contributed by atoms with van der Waals surface area (Å²) in [5.74, 6) is -3.12. The summed E-state index contributed by atoms with van der Waals surface area (Å²) in [6.07, 6.45) is -6.45. The first-order chi connectivity index (χ1) is 35.2. The van der Waals surface area contributed by atoms with Crippen molar-refractivity contribution in [1.82, 2.24) is 24.8 Å². The molecule has 3 aliphatic rings. The molecule has 0 radical (unpaired) electrons. The molecule has 1 aromatic heterocycles. The number of aliphatic hydroxyl groups is 5. The summed E-state index contributed by atoms with van der Waals surface area (Å²) in [4.78, 5) is 19.1. The zero-order valence-corrected chi connectivity index (χ0v) is 47.7. The van der Waals surface area contributed by atoms with E-state index in [0.717, 1.165) is 0 Å². The Hall–Kier alpha value is -2.48. The minimum atomic E-state index is -1.84. The van der Waals surface area contributed by atoms with Crippen LogP contribution in [-0.4, -0.2) is 205 Å². The zero-order valence-electron chi connectivity index (χ0n) is 46.9. The molecule has 0 bridgehead atoms. The number of rotatable bonds is 18. The predicted molar refractivity (Wildman–Crippen MR) is 279 cm³/mol. The van der Waals surface area contributed by atoms with Crippen LogP contribution in [0, 0.1) is 23.7 Å². The number of hydrogen-bond donors (Lipinski definition) is 5. The van der Waals surface area contributed by atoms with E-state index >= 15 is 0 Å². The molecule has 75 heavy (non-hydrogen) atoms. The van der Waals surface area contributed by atoms with Crippen LogP contribution < -0.4 is 0 Å². The number of carbonyl (C=O) groups is 1. The van der Waals surface area contributed by atoms with E-state index in [-0.39, 0.29) is 37.4 Å². The number of carbonyl (C=O) groups excluding carboxylic acids is 1. The van der Waals surface area contributed by atoms with Gasteiger partial charge in [-0.05, 0) is 116 Å². The van der Waals surface area contributed by atoms with Gasteiger partial charge in [0.15, 0.2) is 11.2 Å². The van der Waals surface area contributed by atoms with Crippen LogP contribution in [0.2, 0.25) is 0 Å². The molecule has 1 aromatic carbocycles. The summed E-state index contributed by atoms with van der Waals surface area (Å²) in [5.41, 5.74) is -3.34. The highest BCUT2D eigenvalue weighted by Gasteiger charge is 2.55. The molecule has 0 aliphatic carbocycles. The smallest absolute Gasteiger partial charge is 0.309 e. The molecule has 3 fully saturated rings. The molecule has 5 N–H and O–H groups in total. The van der Waals surface area contributed by atoms with Crippen molar-refractivity contribution in [3.8, 4) is 0 Å². The van der Waals surface area contributed by atoms with Crippen molar-refractivity contribution < 1.29 is 72.1 Å². The lowest BCUT2D eigenvalue weighted by atomic mass is 9.68. The van der Waals surface area contributed by atoms with Gasteiger partial charge in [0.1, 0.15) is 54.6 Å². The average molecular weight is 1090 g/mol. The summed E-state index contributed by atoms with van der Waals surface area (Å²) in [6.45, 7) is 17.1. The van der Waals surface area contributed by atoms with Crippen molar-refractivity contribution in [2.75, 3.05) is 60.5 Å². The van der Waals surface area contributed by atoms with Crippen LogP contribution >= 0.6 is 0 Å². The van der Waals surface area contributed by atoms with Gasteiger partial charge in [-0.1, -0.05) is 45.0 Å². The molecule has 2 aromatic rings. The maximum absolute atomic E-state index is 14.9. The summed E-state index contributed by atoms with van der Waals surface area (Å²) in [5, 5.41) is 68.9. The number of ether oxygens (including phenoxy) is 6. The Bertz CT molecular complexity index is 2060. The highest BCUT2D eigenvalue weighted by molar-refractivity contribution is 7.91. The maximum atomic E-state index is 14.9. The first-order valence-corrected chi connectivity index (χ1v) is 28.2. The Morgan fingerprint density at radius 3 is 2.27 bits per heavy atom. The monoisotopic (exact) mass is 1090 g/mol. The Morgan fingerprint density at radius 1 is 1.00 bits per heavy atom. The van der Waals surface area contributed by atoms with E-state index in [1.54, 1.807) is 72.0 Å². The minimum Gasteiger partial charge on any atom is -0.611 e. The number of alkyl halides is 2. The summed E-state index contributed by atoms with van der Waals surface area (Å²) >= 11 is -1.36. The number of likely N-dealkylation sites (N-methyl/N-ethyl adjacent to an activating group) is 2. The molecule has 5 rings (SSSR count). The van der Waals surface area contributed by atoms with Gasteiger partial charge in [-0.25, -0.2) is 9.07 Å². The third-order valence-electron chi connectivity index (χ3n) is 16.8. The Kier molecular flexibility index (Phi) is 22.9. The van der Waals surface area contributed by atoms with Crippen molar-refractivity contribution in [2.45, 2.75) is 209 Å². The average Bonchev–Trinajstić information content (AvgIpc) is 3.84. The number of methoxy groups -OCH3 is 2. The molecule has 3 aliphatic heterocycles. The number of halogens is 2. The van der Waals surface area contributed by atoms with Gasteiger partial charge in [-0.2, -0.15) is 0 Å². The van der Waals surface area contributed by atoms with E-state index in [4.69, 9.17) is 28.4 Å². The number of hydrogen-bond acceptors (Lipinski definition) is 17. The van der Waals surface area contributed by atoms with Crippen LogP contribution in [0.4, 0.5) is 8.78 Å². The number of aliphatic hydroxyl groups excluding tert-OH is 3. The third-order valence-corrected chi connectivity index (χ3v) is 18.2. The second-order valence-corrected chi connectivity index (χ2v) is 24.3. The van der Waals surface area contributed by atoms with Gasteiger partial charge in [0.05, 0.1) is 53.9 Å². The zero-order chi connectivity index (χ0) is 55.9. The summed E-state index contributed by atoms with van der Waals surface area (Å²) < 4.78 is 79.5. The number of esters is 1. The molecule has 2 unspecified atom stereocenters. The molecular formula is C54H91F2N5O13S. The topological polar surface area (TPSA) is 234 Å². The van der Waals surface area contributed by atoms with E-state index in [2.05, 4.69) is 10.3 Å². The van der Waals surface area contributed by atoms with E-state index in [1.807, 2.05) is 44.7 Å². The van der Waals surface area contributed by atoms with Crippen molar-refractivity contribution in [1.29, 1.82) is 0 Å². The van der Waals surface area contributed by atoms with E-state index < -0.39 is 144 Å². The quantitative estimate of drug-likeness (QED) is 0.100. The molecule has 4 heterocycles. The fraction of sp³-hybridized carbons (Fsp3) is 0.833. The molecular weight excluding hydrogens is 997 g/mol. The van der Waals surface area contributed by atoms with E-state index in [0.29, 0.717) is 42.1 Å². The van der Waals surface area contributed by atoms with Gasteiger partial charge < -0.3 is 68.3 Å². The van der Waals surface area contributed by atoms with Gasteiger partial charge in [-0.15, -0.1) is 5.10 Å². The normalized spacial score (nSPS) is 39.3. The predicted octanol–water partition coefficient (Wildman–Crippen LogP) is 4.74. The van der Waals surface area contributed by atoms with Crippen LogP contribution in [0.1, 0.15) is 125 Å². The largest absolute Gasteiger partial charge is 0.611 e. The first-order valence-electron chi connectivity index (χ1n) is 26.8. The molecule has 21 heteroatoms. The van der Waals surface area contributed by atoms with Crippen LogP contribution in [0.5, 0.6) is 0 Å². The van der Waals surface area contributed by atoms with Crippen LogP contribution in [-0.2, 0) is 50.8 Å². The Morgan fingerprint density at radius 2 is 1.67 bits per heavy atom. The van der Waals surface area contributed by atoms with Crippen LogP contribution in [0.15, 0.2) is 35.4 Å². The Labute approximate surface area is 447 Å². The van der Waals surface area contributed by atoms with Crippen LogP contribution in [0.3, 0.4) is 0 Å². The molecule has 0 spiro atoms. The SMILES string of the molecule is CC[C@H]1OC(=O)[C@H](C)[C@@H](C2C[C@@](C)(OC)[C@@H](O)[C@H](C)O2)[C@H](C)[C@@H](O[C@@H]2O[C@H](C)C[C@H](N(C)CCc3cn([C@H](CF)[C@H](OC)c4ccc([S+]([O-])CCCF)cc4)nn3)[C@H]2O)[C@](C)(O)C[C@@H](C)CN(C)[C@H](C)[C@@H](O)[C@]1(C)O. The van der Waals surface area contributed by atoms with E-state index in [9.17, 15) is 43.7 Å². The lowest BCUT2D eigenvalue weighted by Gasteiger charge is -2.51. The van der Waals surface area contributed by atoms with E-state index in [1.165, 1.54) is 25.8 Å². The van der Waals surface area contributed by atoms with Crippen molar-refractivity contribution in [3.05, 3.63) is 41.7 Å². The van der Waals surface area contributed by atoms with Gasteiger partial charge in [0, 0.05) is 70.8 Å². The third kappa shape index (κ3) is 14.9. The molecule has 430 valence electrons. The maximum Gasteiger partial charge on any atom is 0.309 e. The van der Waals surface area contributed by atoms with Crippen LogP contribution in [0.25, 0.3) is 0 Å². The number of cyclic esters (lactones) is 1. The Balaban J connectivity index is 1.43. The highest BCUT2D eigenvalue weighted by atomic mass is 32.2. The van der Waals surface area contributed by atoms with Crippen molar-refractivity contribution in [3.63, 3.8) is 0 Å². The fourth-order valence-electron chi connectivity index (χ4n) is 12.2. The lowest BCUT2D eigenvalue weighted by molar-refractivity contribution is -0.302. The second kappa shape index (κ2) is 27.1. The number of aromatic nitrogens is 3. The number of nitrogens with zero attached hydrogens (tertiary/aromatic N) is 5. The van der Waals surface area contributed by atoms with Gasteiger partial charge >= 0.3 is 5.97 Å². The van der Waals surface area contributed by atoms with Gasteiger partial charge in [-0.3, -0.25) is 9.18 Å². The molecule has 0 saturated carbocycles. The van der Waals surface area contributed by atoms with Gasteiger partial charge in [0.2, 0.25) is 0 Å². The minimum absolute atomic E-state index is 0.159. The number of benzene rings is 1. The first kappa shape index (κ1) is 63.4. The highest BCUT2D eigenvalue weighted by Crippen LogP contribution is 2.45. The molecule has 21 atom stereocenters.